The van der Waals surface area contributed by atoms with Crippen LogP contribution in [0.3, 0.4) is 0 Å². The molecule has 0 amide bonds. The molecule has 1 aromatic carbocycles. The molecule has 3 heteroatoms. The van der Waals surface area contributed by atoms with E-state index in [1.165, 1.54) is 0 Å². The topological polar surface area (TPSA) is 50.2 Å². The van der Waals surface area contributed by atoms with E-state index in [4.69, 9.17) is 5.11 Å². The van der Waals surface area contributed by atoms with E-state index in [0.717, 1.165) is 22.0 Å². The first-order valence-electron chi connectivity index (χ1n) is 4.69. The molecule has 0 aliphatic rings. The van der Waals surface area contributed by atoms with Crippen molar-refractivity contribution in [3.8, 4) is 0 Å². The van der Waals surface area contributed by atoms with Crippen molar-refractivity contribution in [2.45, 2.75) is 13.8 Å². The molecule has 0 aliphatic carbocycles. The van der Waals surface area contributed by atoms with Crippen molar-refractivity contribution in [3.63, 3.8) is 0 Å². The highest BCUT2D eigenvalue weighted by atomic mass is 16.4. The number of pyridine rings is 1. The molecule has 0 fully saturated rings. The number of hydrogen-bond donors (Lipinski definition) is 1. The Morgan fingerprint density at radius 1 is 1.27 bits per heavy atom. The molecule has 0 spiro atoms. The fourth-order valence-corrected chi connectivity index (χ4v) is 1.66. The highest BCUT2D eigenvalue weighted by Crippen LogP contribution is 2.19. The highest BCUT2D eigenvalue weighted by Gasteiger charge is 2.08. The summed E-state index contributed by atoms with van der Waals surface area (Å²) >= 11 is 0. The smallest absolute Gasteiger partial charge is 0.354 e. The summed E-state index contributed by atoms with van der Waals surface area (Å²) in [4.78, 5) is 14.9. The van der Waals surface area contributed by atoms with E-state index in [0.29, 0.717) is 0 Å². The van der Waals surface area contributed by atoms with E-state index in [1.807, 2.05) is 32.0 Å². The van der Waals surface area contributed by atoms with Crippen LogP contribution in [0.15, 0.2) is 24.3 Å². The van der Waals surface area contributed by atoms with Gasteiger partial charge in [-0.05, 0) is 25.3 Å². The fourth-order valence-electron chi connectivity index (χ4n) is 1.66. The molecule has 1 heterocycles. The highest BCUT2D eigenvalue weighted by molar-refractivity contribution is 5.93. The molecule has 0 saturated heterocycles. The van der Waals surface area contributed by atoms with Crippen molar-refractivity contribution >= 4 is 16.7 Å². The van der Waals surface area contributed by atoms with Crippen LogP contribution in [-0.4, -0.2) is 16.1 Å². The Bertz CT molecular complexity index is 547. The fraction of sp³-hybridized carbons (Fsp3) is 0.167. The van der Waals surface area contributed by atoms with Crippen LogP contribution in [-0.2, 0) is 0 Å². The largest absolute Gasteiger partial charge is 0.477 e. The molecule has 0 radical (unpaired) electrons. The zero-order valence-electron chi connectivity index (χ0n) is 8.61. The Morgan fingerprint density at radius 2 is 2.00 bits per heavy atom. The zero-order chi connectivity index (χ0) is 11.0. The van der Waals surface area contributed by atoms with Gasteiger partial charge in [0, 0.05) is 11.1 Å². The SMILES string of the molecule is Cc1ccc2c(C)nc(C(=O)O)cc2c1. The molecule has 2 aromatic rings. The summed E-state index contributed by atoms with van der Waals surface area (Å²) in [5.41, 5.74) is 1.97. The molecular weight excluding hydrogens is 190 g/mol. The van der Waals surface area contributed by atoms with Crippen molar-refractivity contribution in [1.82, 2.24) is 4.98 Å². The normalized spacial score (nSPS) is 10.5. The van der Waals surface area contributed by atoms with Gasteiger partial charge in [-0.25, -0.2) is 9.78 Å². The number of aryl methyl sites for hydroxylation is 2. The van der Waals surface area contributed by atoms with Crippen molar-refractivity contribution < 1.29 is 9.90 Å². The first-order valence-corrected chi connectivity index (χ1v) is 4.69. The number of nitrogens with zero attached hydrogens (tertiary/aromatic N) is 1. The average molecular weight is 201 g/mol. The molecule has 1 N–H and O–H groups in total. The minimum Gasteiger partial charge on any atom is -0.477 e. The van der Waals surface area contributed by atoms with Crippen LogP contribution in [0.25, 0.3) is 10.8 Å². The number of carboxylic acid groups (broad SMARTS) is 1. The summed E-state index contributed by atoms with van der Waals surface area (Å²) in [6.07, 6.45) is 0. The van der Waals surface area contributed by atoms with Gasteiger partial charge in [0.05, 0.1) is 0 Å². The number of carbonyl (C=O) groups is 1. The maximum absolute atomic E-state index is 10.8. The lowest BCUT2D eigenvalue weighted by Gasteiger charge is -2.04. The minimum absolute atomic E-state index is 0.102. The van der Waals surface area contributed by atoms with Crippen LogP contribution < -0.4 is 0 Å². The van der Waals surface area contributed by atoms with Gasteiger partial charge in [0.25, 0.3) is 0 Å². The van der Waals surface area contributed by atoms with E-state index in [1.54, 1.807) is 6.07 Å². The second-order valence-corrected chi connectivity index (χ2v) is 3.62. The predicted octanol–water partition coefficient (Wildman–Crippen LogP) is 2.55. The monoisotopic (exact) mass is 201 g/mol. The maximum Gasteiger partial charge on any atom is 0.354 e. The molecular formula is C12H11NO2. The van der Waals surface area contributed by atoms with Gasteiger partial charge in [0.1, 0.15) is 5.69 Å². The molecule has 0 aliphatic heterocycles. The Morgan fingerprint density at radius 3 is 2.67 bits per heavy atom. The van der Waals surface area contributed by atoms with Gasteiger partial charge in [0.2, 0.25) is 0 Å². The maximum atomic E-state index is 10.8. The van der Waals surface area contributed by atoms with Crippen LogP contribution in [0.5, 0.6) is 0 Å². The Labute approximate surface area is 87.4 Å². The molecule has 0 unspecified atom stereocenters. The van der Waals surface area contributed by atoms with Gasteiger partial charge in [-0.2, -0.15) is 0 Å². The summed E-state index contributed by atoms with van der Waals surface area (Å²) in [6.45, 7) is 3.81. The first-order chi connectivity index (χ1) is 7.08. The Hall–Kier alpha value is -1.90. The van der Waals surface area contributed by atoms with Crippen LogP contribution in [0, 0.1) is 13.8 Å². The van der Waals surface area contributed by atoms with Gasteiger partial charge in [0.15, 0.2) is 0 Å². The summed E-state index contributed by atoms with van der Waals surface area (Å²) in [5, 5.41) is 10.8. The van der Waals surface area contributed by atoms with E-state index >= 15 is 0 Å². The number of benzene rings is 1. The summed E-state index contributed by atoms with van der Waals surface area (Å²) in [5.74, 6) is -0.985. The van der Waals surface area contributed by atoms with Crippen LogP contribution in [0.1, 0.15) is 21.7 Å². The Balaban J connectivity index is 2.79. The third kappa shape index (κ3) is 1.68. The van der Waals surface area contributed by atoms with Gasteiger partial charge in [-0.3, -0.25) is 0 Å². The number of fused-ring (bicyclic) bond motifs is 1. The molecule has 76 valence electrons. The quantitative estimate of drug-likeness (QED) is 0.771. The molecule has 0 bridgehead atoms. The van der Waals surface area contributed by atoms with Gasteiger partial charge in [-0.1, -0.05) is 23.8 Å². The number of hydrogen-bond acceptors (Lipinski definition) is 2. The molecule has 0 atom stereocenters. The van der Waals surface area contributed by atoms with E-state index < -0.39 is 5.97 Å². The van der Waals surface area contributed by atoms with Crippen LogP contribution in [0.2, 0.25) is 0 Å². The number of aromatic nitrogens is 1. The van der Waals surface area contributed by atoms with E-state index in [-0.39, 0.29) is 5.69 Å². The third-order valence-electron chi connectivity index (χ3n) is 2.40. The zero-order valence-corrected chi connectivity index (χ0v) is 8.61. The number of aromatic carboxylic acids is 1. The number of rotatable bonds is 1. The van der Waals surface area contributed by atoms with Crippen molar-refractivity contribution in [2.24, 2.45) is 0 Å². The average Bonchev–Trinajstić information content (AvgIpc) is 2.16. The third-order valence-corrected chi connectivity index (χ3v) is 2.40. The summed E-state index contributed by atoms with van der Waals surface area (Å²) in [6, 6.07) is 7.55. The molecule has 15 heavy (non-hydrogen) atoms. The van der Waals surface area contributed by atoms with Gasteiger partial charge < -0.3 is 5.11 Å². The van der Waals surface area contributed by atoms with E-state index in [9.17, 15) is 4.79 Å². The minimum atomic E-state index is -0.985. The second kappa shape index (κ2) is 3.35. The Kier molecular flexibility index (Phi) is 2.15. The second-order valence-electron chi connectivity index (χ2n) is 3.62. The molecule has 2 rings (SSSR count). The molecule has 1 aromatic heterocycles. The van der Waals surface area contributed by atoms with Crippen molar-refractivity contribution in [3.05, 3.63) is 41.2 Å². The lowest BCUT2D eigenvalue weighted by Crippen LogP contribution is -2.01. The van der Waals surface area contributed by atoms with Gasteiger partial charge in [-0.15, -0.1) is 0 Å². The molecule has 0 saturated carbocycles. The van der Waals surface area contributed by atoms with Crippen LogP contribution >= 0.6 is 0 Å². The van der Waals surface area contributed by atoms with Crippen molar-refractivity contribution in [1.29, 1.82) is 0 Å². The molecule has 3 nitrogen and oxygen atoms in total. The summed E-state index contributed by atoms with van der Waals surface area (Å²) in [7, 11) is 0. The number of carboxylic acids is 1. The lowest BCUT2D eigenvalue weighted by atomic mass is 10.1. The van der Waals surface area contributed by atoms with Gasteiger partial charge >= 0.3 is 5.97 Å². The lowest BCUT2D eigenvalue weighted by molar-refractivity contribution is 0.0690. The first kappa shape index (κ1) is 9.65. The predicted molar refractivity (Wildman–Crippen MR) is 58.2 cm³/mol. The summed E-state index contributed by atoms with van der Waals surface area (Å²) < 4.78 is 0. The van der Waals surface area contributed by atoms with E-state index in [2.05, 4.69) is 4.98 Å². The van der Waals surface area contributed by atoms with Crippen molar-refractivity contribution in [2.75, 3.05) is 0 Å². The van der Waals surface area contributed by atoms with Crippen LogP contribution in [0.4, 0.5) is 0 Å². The standard InChI is InChI=1S/C12H11NO2/c1-7-3-4-10-8(2)13-11(12(14)15)6-9(10)5-7/h3-6H,1-2H3,(H,14,15).